The van der Waals surface area contributed by atoms with E-state index in [-0.39, 0.29) is 31.1 Å². The maximum Gasteiger partial charge on any atom is 0.306 e. The zero-order chi connectivity index (χ0) is 57.1. The monoisotopic (exact) mass is 1090 g/mol. The maximum atomic E-state index is 12.9. The zero-order valence-electron chi connectivity index (χ0n) is 51.1. The summed E-state index contributed by atoms with van der Waals surface area (Å²) >= 11 is 0. The third-order valence-electron chi connectivity index (χ3n) is 13.3. The highest BCUT2D eigenvalue weighted by molar-refractivity contribution is 5.71. The minimum absolute atomic E-state index is 0.0990. The summed E-state index contributed by atoms with van der Waals surface area (Å²) in [5.41, 5.74) is 0. The molecule has 6 nitrogen and oxygen atoms in total. The Morgan fingerprint density at radius 1 is 0.266 bits per heavy atom. The molecule has 0 aromatic carbocycles. The predicted molar refractivity (Wildman–Crippen MR) is 343 cm³/mol. The van der Waals surface area contributed by atoms with Crippen LogP contribution in [0.2, 0.25) is 0 Å². The van der Waals surface area contributed by atoms with Gasteiger partial charge in [0.25, 0.3) is 0 Å². The number of rotatable bonds is 57. The van der Waals surface area contributed by atoms with Crippen molar-refractivity contribution in [3.63, 3.8) is 0 Å². The van der Waals surface area contributed by atoms with Crippen LogP contribution in [-0.2, 0) is 28.6 Å². The van der Waals surface area contributed by atoms with Crippen LogP contribution in [-0.4, -0.2) is 37.2 Å². The lowest BCUT2D eigenvalue weighted by atomic mass is 10.0. The summed E-state index contributed by atoms with van der Waals surface area (Å²) in [6.07, 6.45) is 94.2. The number of hydrogen-bond donors (Lipinski definition) is 0. The second-order valence-electron chi connectivity index (χ2n) is 20.9. The molecule has 0 rings (SSSR count). The van der Waals surface area contributed by atoms with E-state index in [4.69, 9.17) is 14.2 Å². The fraction of sp³-hybridized carbons (Fsp3) is 0.630. The van der Waals surface area contributed by atoms with Crippen molar-refractivity contribution in [3.8, 4) is 0 Å². The number of carbonyl (C=O) groups excluding carboxylic acids is 3. The maximum absolute atomic E-state index is 12.9. The fourth-order valence-electron chi connectivity index (χ4n) is 8.57. The van der Waals surface area contributed by atoms with Crippen molar-refractivity contribution in [2.45, 2.75) is 284 Å². The van der Waals surface area contributed by atoms with Gasteiger partial charge in [0.1, 0.15) is 13.2 Å². The smallest absolute Gasteiger partial charge is 0.306 e. The summed E-state index contributed by atoms with van der Waals surface area (Å²) in [6, 6.07) is 0. The summed E-state index contributed by atoms with van der Waals surface area (Å²) in [4.78, 5) is 38.3. The lowest BCUT2D eigenvalue weighted by Crippen LogP contribution is -2.30. The van der Waals surface area contributed by atoms with Crippen LogP contribution in [0, 0.1) is 0 Å². The number of hydrogen-bond acceptors (Lipinski definition) is 6. The van der Waals surface area contributed by atoms with Crippen molar-refractivity contribution in [1.29, 1.82) is 0 Å². The molecule has 0 radical (unpaired) electrons. The summed E-state index contributed by atoms with van der Waals surface area (Å²) in [6.45, 7) is 6.38. The topological polar surface area (TPSA) is 78.9 Å². The van der Waals surface area contributed by atoms with Gasteiger partial charge in [-0.05, 0) is 122 Å². The van der Waals surface area contributed by atoms with Gasteiger partial charge < -0.3 is 14.2 Å². The lowest BCUT2D eigenvalue weighted by Gasteiger charge is -2.18. The molecule has 79 heavy (non-hydrogen) atoms. The largest absolute Gasteiger partial charge is 0.462 e. The summed E-state index contributed by atoms with van der Waals surface area (Å²) < 4.78 is 16.9. The fourth-order valence-corrected chi connectivity index (χ4v) is 8.57. The second kappa shape index (κ2) is 65.8. The number of esters is 3. The molecule has 0 spiro atoms. The molecule has 0 fully saturated rings. The lowest BCUT2D eigenvalue weighted by molar-refractivity contribution is -0.167. The Kier molecular flexibility index (Phi) is 61.9. The minimum atomic E-state index is -0.807. The molecular formula is C73H118O6. The van der Waals surface area contributed by atoms with Gasteiger partial charge in [0.05, 0.1) is 0 Å². The van der Waals surface area contributed by atoms with Crippen molar-refractivity contribution in [2.24, 2.45) is 0 Å². The van der Waals surface area contributed by atoms with E-state index in [0.717, 1.165) is 161 Å². The first-order valence-corrected chi connectivity index (χ1v) is 32.3. The first-order valence-electron chi connectivity index (χ1n) is 32.3. The number of ether oxygens (including phenoxy) is 3. The molecule has 0 N–H and O–H groups in total. The van der Waals surface area contributed by atoms with E-state index in [9.17, 15) is 14.4 Å². The van der Waals surface area contributed by atoms with Gasteiger partial charge in [0.2, 0.25) is 0 Å². The van der Waals surface area contributed by atoms with Crippen LogP contribution in [0.25, 0.3) is 0 Å². The van der Waals surface area contributed by atoms with Crippen LogP contribution in [0.5, 0.6) is 0 Å². The van der Waals surface area contributed by atoms with Crippen LogP contribution in [0.15, 0.2) is 146 Å². The summed E-state index contributed by atoms with van der Waals surface area (Å²) in [7, 11) is 0. The molecule has 0 aliphatic heterocycles. The predicted octanol–water partition coefficient (Wildman–Crippen LogP) is 22.3. The van der Waals surface area contributed by atoms with Crippen LogP contribution < -0.4 is 0 Å². The van der Waals surface area contributed by atoms with E-state index in [2.05, 4.69) is 167 Å². The van der Waals surface area contributed by atoms with Crippen molar-refractivity contribution >= 4 is 17.9 Å². The Hall–Kier alpha value is -4.71. The number of unbranched alkanes of at least 4 members (excludes halogenated alkanes) is 22. The first-order chi connectivity index (χ1) is 39.0. The van der Waals surface area contributed by atoms with Crippen LogP contribution in [0.3, 0.4) is 0 Å². The second-order valence-corrected chi connectivity index (χ2v) is 20.9. The van der Waals surface area contributed by atoms with Gasteiger partial charge in [-0.15, -0.1) is 0 Å². The van der Waals surface area contributed by atoms with Gasteiger partial charge in [0.15, 0.2) is 6.10 Å². The van der Waals surface area contributed by atoms with E-state index < -0.39 is 6.10 Å². The van der Waals surface area contributed by atoms with Crippen LogP contribution in [0.1, 0.15) is 278 Å². The average Bonchev–Trinajstić information content (AvgIpc) is 3.45. The molecule has 0 bridgehead atoms. The molecule has 0 saturated heterocycles. The SMILES string of the molecule is CC/C=C\C/C=C\C/C=C\C/C=C\C/C=C\C/C=C\C/C=C\C/C=C\CCCCCCC(=O)OCC(COC(=O)CCCCCCCCCCCCCCCCC)OC(=O)CCCCCC/C=C\C/C=C\C/C=C\C/C=C\CC. The van der Waals surface area contributed by atoms with Crippen molar-refractivity contribution < 1.29 is 28.6 Å². The Morgan fingerprint density at radius 3 is 0.772 bits per heavy atom. The molecular weight excluding hydrogens is 973 g/mol. The molecule has 446 valence electrons. The molecule has 0 amide bonds. The molecule has 0 aliphatic carbocycles. The molecule has 6 heteroatoms. The first kappa shape index (κ1) is 74.3. The van der Waals surface area contributed by atoms with Gasteiger partial charge in [-0.2, -0.15) is 0 Å². The molecule has 0 heterocycles. The summed E-state index contributed by atoms with van der Waals surface area (Å²) in [5, 5.41) is 0. The third kappa shape index (κ3) is 64.0. The standard InChI is InChI=1S/C73H118O6/c1-4-7-10-13-16-19-22-25-28-30-31-32-33-34-35-36-37-38-39-40-41-43-45-48-51-54-57-60-63-66-72(75)78-69-70(68-77-71(74)65-62-59-56-53-50-47-44-27-24-21-18-15-12-9-6-3)79-73(76)67-64-61-58-55-52-49-46-42-29-26-23-20-17-14-11-8-5-2/h7-8,10-11,16-17,19-20,25-26,28-29,31-32,34-35,37-38,40-41,45-46,48-49,70H,4-6,9,12-15,18,21-24,27,30,33,36,39,42-44,47,50-69H2,1-3H3/b10-7-,11-8-,19-16-,20-17-,28-25-,29-26-,32-31-,35-34-,38-37-,41-40-,48-45-,49-46-. The van der Waals surface area contributed by atoms with Crippen LogP contribution in [0.4, 0.5) is 0 Å². The van der Waals surface area contributed by atoms with Crippen molar-refractivity contribution in [3.05, 3.63) is 146 Å². The van der Waals surface area contributed by atoms with Crippen LogP contribution >= 0.6 is 0 Å². The minimum Gasteiger partial charge on any atom is -0.462 e. The van der Waals surface area contributed by atoms with E-state index in [0.29, 0.717) is 19.3 Å². The molecule has 1 unspecified atom stereocenters. The van der Waals surface area contributed by atoms with Gasteiger partial charge in [0, 0.05) is 19.3 Å². The molecule has 0 aromatic rings. The normalized spacial score (nSPS) is 13.1. The highest BCUT2D eigenvalue weighted by Crippen LogP contribution is 2.15. The Morgan fingerprint density at radius 2 is 0.494 bits per heavy atom. The number of allylic oxidation sites excluding steroid dienone is 24. The van der Waals surface area contributed by atoms with Gasteiger partial charge in [-0.3, -0.25) is 14.4 Å². The van der Waals surface area contributed by atoms with E-state index in [1.165, 1.54) is 77.0 Å². The Labute approximate surface area is 487 Å². The van der Waals surface area contributed by atoms with Gasteiger partial charge in [-0.1, -0.05) is 282 Å². The number of carbonyl (C=O) groups is 3. The Balaban J connectivity index is 4.44. The molecule has 0 aliphatic rings. The molecule has 0 aromatic heterocycles. The highest BCUT2D eigenvalue weighted by atomic mass is 16.6. The van der Waals surface area contributed by atoms with Crippen molar-refractivity contribution in [2.75, 3.05) is 13.2 Å². The van der Waals surface area contributed by atoms with Gasteiger partial charge >= 0.3 is 17.9 Å². The van der Waals surface area contributed by atoms with E-state index >= 15 is 0 Å². The van der Waals surface area contributed by atoms with Gasteiger partial charge in [-0.25, -0.2) is 0 Å². The quantitative estimate of drug-likeness (QED) is 0.0261. The van der Waals surface area contributed by atoms with Crippen molar-refractivity contribution in [1.82, 2.24) is 0 Å². The molecule has 0 saturated carbocycles. The third-order valence-corrected chi connectivity index (χ3v) is 13.3. The van der Waals surface area contributed by atoms with E-state index in [1.807, 2.05) is 0 Å². The average molecular weight is 1090 g/mol. The highest BCUT2D eigenvalue weighted by Gasteiger charge is 2.19. The van der Waals surface area contributed by atoms with E-state index in [1.54, 1.807) is 0 Å². The molecule has 1 atom stereocenters. The zero-order valence-corrected chi connectivity index (χ0v) is 51.1. The Bertz CT molecular complexity index is 1730. The summed E-state index contributed by atoms with van der Waals surface area (Å²) in [5.74, 6) is -0.947.